The first-order valence-corrected chi connectivity index (χ1v) is 12.0. The highest BCUT2D eigenvalue weighted by molar-refractivity contribution is 5.99. The van der Waals surface area contributed by atoms with Crippen LogP contribution in [0, 0.1) is 0 Å². The summed E-state index contributed by atoms with van der Waals surface area (Å²) in [5.74, 6) is 1.17. The third kappa shape index (κ3) is 3.60. The molecule has 5 heterocycles. The molecule has 1 atom stereocenters. The molecule has 1 saturated carbocycles. The molecule has 1 amide bonds. The minimum atomic E-state index is -0.0881. The van der Waals surface area contributed by atoms with Crippen LogP contribution in [0.2, 0.25) is 0 Å². The number of rotatable bonds is 3. The molecule has 9 heteroatoms. The summed E-state index contributed by atoms with van der Waals surface area (Å²) in [4.78, 5) is 28.9. The second-order valence-corrected chi connectivity index (χ2v) is 9.63. The average molecular weight is 447 g/mol. The first kappa shape index (κ1) is 20.4. The van der Waals surface area contributed by atoms with E-state index in [1.54, 1.807) is 6.20 Å². The zero-order valence-electron chi connectivity index (χ0n) is 19.0. The van der Waals surface area contributed by atoms with Gasteiger partial charge in [0.25, 0.3) is 5.91 Å². The number of pyridine rings is 1. The van der Waals surface area contributed by atoms with Gasteiger partial charge in [0.05, 0.1) is 17.4 Å². The van der Waals surface area contributed by atoms with Gasteiger partial charge in [-0.1, -0.05) is 19.3 Å². The number of carbonyl (C=O) groups is 1. The number of nitrogens with zero attached hydrogens (tertiary/aromatic N) is 5. The minimum Gasteiger partial charge on any atom is -0.367 e. The van der Waals surface area contributed by atoms with Crippen LogP contribution in [0.5, 0.6) is 0 Å². The fourth-order valence-electron chi connectivity index (χ4n) is 5.65. The molecular weight excluding hydrogens is 416 g/mol. The highest BCUT2D eigenvalue weighted by atomic mass is 16.2. The van der Waals surface area contributed by atoms with E-state index in [0.29, 0.717) is 30.0 Å². The molecule has 6 rings (SSSR count). The highest BCUT2D eigenvalue weighted by Crippen LogP contribution is 2.40. The van der Waals surface area contributed by atoms with E-state index < -0.39 is 0 Å². The van der Waals surface area contributed by atoms with Gasteiger partial charge >= 0.3 is 0 Å². The molecule has 1 saturated heterocycles. The Morgan fingerprint density at radius 2 is 2.03 bits per heavy atom. The van der Waals surface area contributed by atoms with Crippen LogP contribution < -0.4 is 20.9 Å². The summed E-state index contributed by atoms with van der Waals surface area (Å²) < 4.78 is 2.19. The summed E-state index contributed by atoms with van der Waals surface area (Å²) in [6, 6.07) is 6.45. The Kier molecular flexibility index (Phi) is 4.94. The number of nitrogens with one attached hydrogen (secondary N) is 3. The lowest BCUT2D eigenvalue weighted by atomic mass is 9.80. The van der Waals surface area contributed by atoms with E-state index in [1.165, 1.54) is 19.3 Å². The van der Waals surface area contributed by atoms with Crippen LogP contribution >= 0.6 is 0 Å². The summed E-state index contributed by atoms with van der Waals surface area (Å²) >= 11 is 0. The van der Waals surface area contributed by atoms with Crippen LogP contribution in [0.15, 0.2) is 30.6 Å². The van der Waals surface area contributed by atoms with Crippen molar-refractivity contribution in [2.75, 3.05) is 36.4 Å². The van der Waals surface area contributed by atoms with E-state index in [4.69, 9.17) is 4.98 Å². The van der Waals surface area contributed by atoms with Crippen molar-refractivity contribution in [3.05, 3.63) is 36.3 Å². The van der Waals surface area contributed by atoms with Crippen LogP contribution in [-0.4, -0.2) is 57.6 Å². The van der Waals surface area contributed by atoms with Gasteiger partial charge in [0.1, 0.15) is 17.2 Å². The molecule has 9 nitrogen and oxygen atoms in total. The summed E-state index contributed by atoms with van der Waals surface area (Å²) in [6.07, 6.45) is 9.42. The van der Waals surface area contributed by atoms with Crippen molar-refractivity contribution in [2.45, 2.75) is 50.6 Å². The molecule has 0 bridgehead atoms. The molecule has 0 aromatic carbocycles. The van der Waals surface area contributed by atoms with Gasteiger partial charge in [-0.2, -0.15) is 4.98 Å². The number of hydrogen-bond acceptors (Lipinski definition) is 7. The lowest BCUT2D eigenvalue weighted by Crippen LogP contribution is -2.52. The van der Waals surface area contributed by atoms with Crippen molar-refractivity contribution in [1.29, 1.82) is 0 Å². The number of carbonyl (C=O) groups excluding carboxylic acids is 1. The third-order valence-corrected chi connectivity index (χ3v) is 7.33. The standard InChI is InChI=1S/C24H30N8O/c1-16-14-31(10-9-25-16)18-5-6-20(26-13-18)29-23-27-12-17-11-19-22(33)28-15-24(7-3-2-4-8-24)32(19)21(17)30-23/h5-6,11-13,16,25H,2-4,7-10,14-15H2,1H3,(H,28,33)(H,26,27,29,30)/t16-/m0/s1. The Bertz CT molecular complexity index is 1180. The second kappa shape index (κ2) is 7.98. The van der Waals surface area contributed by atoms with E-state index in [1.807, 2.05) is 18.3 Å². The summed E-state index contributed by atoms with van der Waals surface area (Å²) in [7, 11) is 0. The molecule has 33 heavy (non-hydrogen) atoms. The van der Waals surface area contributed by atoms with E-state index in [2.05, 4.69) is 48.4 Å². The van der Waals surface area contributed by atoms with Gasteiger partial charge < -0.3 is 25.4 Å². The lowest BCUT2D eigenvalue weighted by molar-refractivity contribution is 0.0833. The predicted octanol–water partition coefficient (Wildman–Crippen LogP) is 2.77. The normalized spacial score (nSPS) is 22.3. The quantitative estimate of drug-likeness (QED) is 0.569. The maximum Gasteiger partial charge on any atom is 0.268 e. The molecule has 0 radical (unpaired) electrons. The topological polar surface area (TPSA) is 100 Å². The third-order valence-electron chi connectivity index (χ3n) is 7.33. The van der Waals surface area contributed by atoms with Crippen molar-refractivity contribution in [3.63, 3.8) is 0 Å². The van der Waals surface area contributed by atoms with Crippen LogP contribution in [0.25, 0.3) is 11.0 Å². The zero-order chi connectivity index (χ0) is 22.4. The Morgan fingerprint density at radius 1 is 1.15 bits per heavy atom. The fourth-order valence-corrected chi connectivity index (χ4v) is 5.65. The Labute approximate surface area is 193 Å². The summed E-state index contributed by atoms with van der Waals surface area (Å²) in [6.45, 7) is 5.81. The first-order chi connectivity index (χ1) is 16.1. The van der Waals surface area contributed by atoms with Gasteiger partial charge in [0.15, 0.2) is 0 Å². The monoisotopic (exact) mass is 446 g/mol. The van der Waals surface area contributed by atoms with Crippen LogP contribution in [0.4, 0.5) is 17.5 Å². The van der Waals surface area contributed by atoms with Gasteiger partial charge in [-0.3, -0.25) is 4.79 Å². The second-order valence-electron chi connectivity index (χ2n) is 9.63. The van der Waals surface area contributed by atoms with E-state index in [9.17, 15) is 4.79 Å². The van der Waals surface area contributed by atoms with Crippen LogP contribution in [0.1, 0.15) is 49.5 Å². The van der Waals surface area contributed by atoms with Crippen molar-refractivity contribution in [3.8, 4) is 0 Å². The number of hydrogen-bond donors (Lipinski definition) is 3. The lowest BCUT2D eigenvalue weighted by Gasteiger charge is -2.42. The van der Waals surface area contributed by atoms with Crippen molar-refractivity contribution >= 4 is 34.4 Å². The number of amides is 1. The number of aromatic nitrogens is 4. The first-order valence-electron chi connectivity index (χ1n) is 12.0. The molecule has 2 aliphatic heterocycles. The van der Waals surface area contributed by atoms with Gasteiger partial charge in [-0.15, -0.1) is 0 Å². The van der Waals surface area contributed by atoms with Crippen molar-refractivity contribution < 1.29 is 4.79 Å². The molecular formula is C24H30N8O. The van der Waals surface area contributed by atoms with Crippen molar-refractivity contribution in [1.82, 2.24) is 30.2 Å². The number of anilines is 3. The van der Waals surface area contributed by atoms with Gasteiger partial charge in [0, 0.05) is 43.8 Å². The zero-order valence-corrected chi connectivity index (χ0v) is 19.0. The van der Waals surface area contributed by atoms with Crippen LogP contribution in [-0.2, 0) is 5.54 Å². The molecule has 3 aliphatic rings. The number of piperazine rings is 1. The van der Waals surface area contributed by atoms with Crippen molar-refractivity contribution in [2.24, 2.45) is 0 Å². The molecule has 172 valence electrons. The van der Waals surface area contributed by atoms with E-state index in [0.717, 1.165) is 49.2 Å². The fraction of sp³-hybridized carbons (Fsp3) is 0.500. The van der Waals surface area contributed by atoms with Crippen LogP contribution in [0.3, 0.4) is 0 Å². The molecule has 0 unspecified atom stereocenters. The molecule has 3 N–H and O–H groups in total. The Balaban J connectivity index is 1.30. The van der Waals surface area contributed by atoms with Gasteiger partial charge in [-0.25, -0.2) is 9.97 Å². The van der Waals surface area contributed by atoms with Gasteiger partial charge in [0.2, 0.25) is 5.95 Å². The minimum absolute atomic E-state index is 0.0294. The number of fused-ring (bicyclic) bond motifs is 4. The molecule has 1 spiro atoms. The molecule has 3 aromatic heterocycles. The molecule has 1 aliphatic carbocycles. The Hall–Kier alpha value is -3.20. The van der Waals surface area contributed by atoms with E-state index >= 15 is 0 Å². The maximum absolute atomic E-state index is 12.6. The maximum atomic E-state index is 12.6. The SMILES string of the molecule is C[C@H]1CN(c2ccc(Nc3ncc4cc5n(c4n3)C3(CCCCC3)CNC5=O)nc2)CCN1. The largest absolute Gasteiger partial charge is 0.367 e. The highest BCUT2D eigenvalue weighted by Gasteiger charge is 2.41. The smallest absolute Gasteiger partial charge is 0.268 e. The molecule has 3 aromatic rings. The predicted molar refractivity (Wildman–Crippen MR) is 128 cm³/mol. The summed E-state index contributed by atoms with van der Waals surface area (Å²) in [5.41, 5.74) is 2.55. The van der Waals surface area contributed by atoms with E-state index in [-0.39, 0.29) is 11.4 Å². The Morgan fingerprint density at radius 3 is 2.82 bits per heavy atom. The van der Waals surface area contributed by atoms with Gasteiger partial charge in [-0.05, 0) is 38.0 Å². The average Bonchev–Trinajstić information content (AvgIpc) is 3.24. The molecule has 2 fully saturated rings. The summed E-state index contributed by atoms with van der Waals surface area (Å²) in [5, 5.41) is 10.7.